The Labute approximate surface area is 140 Å². The van der Waals surface area contributed by atoms with Crippen LogP contribution >= 0.6 is 11.3 Å². The average molecular weight is 344 g/mol. The van der Waals surface area contributed by atoms with Crippen molar-refractivity contribution in [3.8, 4) is 22.3 Å². The number of carbonyl (C=O) groups excluding carboxylic acids is 1. The highest BCUT2D eigenvalue weighted by molar-refractivity contribution is 7.13. The Kier molecular flexibility index (Phi) is 3.87. The van der Waals surface area contributed by atoms with E-state index in [1.165, 1.54) is 11.3 Å². The van der Waals surface area contributed by atoms with Gasteiger partial charge in [-0.3, -0.25) is 0 Å². The molecule has 3 heterocycles. The first kappa shape index (κ1) is 14.7. The molecule has 2 aromatic heterocycles. The molecule has 8 heteroatoms. The number of aromatic nitrogens is 2. The van der Waals surface area contributed by atoms with E-state index >= 15 is 0 Å². The van der Waals surface area contributed by atoms with Crippen molar-refractivity contribution >= 4 is 17.3 Å². The highest BCUT2D eigenvalue weighted by Crippen LogP contribution is 2.31. The Morgan fingerprint density at radius 2 is 2.04 bits per heavy atom. The van der Waals surface area contributed by atoms with Crippen LogP contribution < -0.4 is 9.47 Å². The van der Waals surface area contributed by atoms with Crippen LogP contribution in [0.2, 0.25) is 0 Å². The lowest BCUT2D eigenvalue weighted by Gasteiger charge is -2.18. The van der Waals surface area contributed by atoms with E-state index < -0.39 is 5.97 Å². The summed E-state index contributed by atoms with van der Waals surface area (Å²) >= 11 is 1.49. The maximum atomic E-state index is 12.1. The van der Waals surface area contributed by atoms with Gasteiger partial charge in [-0.2, -0.15) is 0 Å². The lowest BCUT2D eigenvalue weighted by atomic mass is 10.2. The Hall–Kier alpha value is -2.87. The molecule has 4 rings (SSSR count). The van der Waals surface area contributed by atoms with Crippen LogP contribution in [0.25, 0.3) is 10.8 Å². The predicted molar refractivity (Wildman–Crippen MR) is 84.2 cm³/mol. The smallest absolute Gasteiger partial charge is 0.338 e. The lowest BCUT2D eigenvalue weighted by molar-refractivity contribution is 0.0437. The molecular weight excluding hydrogens is 332 g/mol. The normalized spacial score (nSPS) is 12.8. The van der Waals surface area contributed by atoms with E-state index in [1.807, 2.05) is 17.5 Å². The van der Waals surface area contributed by atoms with E-state index in [1.54, 1.807) is 18.2 Å². The average Bonchev–Trinajstić information content (AvgIpc) is 3.30. The van der Waals surface area contributed by atoms with E-state index in [-0.39, 0.29) is 12.5 Å². The number of benzene rings is 1. The number of esters is 1. The molecule has 0 radical (unpaired) electrons. The summed E-state index contributed by atoms with van der Waals surface area (Å²) in [5, 5.41) is 9.73. The Morgan fingerprint density at radius 3 is 2.88 bits per heavy atom. The van der Waals surface area contributed by atoms with E-state index in [0.29, 0.717) is 36.2 Å². The van der Waals surface area contributed by atoms with Crippen LogP contribution in [0.3, 0.4) is 0 Å². The maximum absolute atomic E-state index is 12.1. The lowest BCUT2D eigenvalue weighted by Crippen LogP contribution is -2.16. The summed E-state index contributed by atoms with van der Waals surface area (Å²) < 4.78 is 21.5. The number of nitrogens with zero attached hydrogens (tertiary/aromatic N) is 2. The molecule has 1 aliphatic heterocycles. The van der Waals surface area contributed by atoms with Crippen molar-refractivity contribution in [3.05, 3.63) is 47.2 Å². The van der Waals surface area contributed by atoms with Crippen LogP contribution in [0, 0.1) is 0 Å². The summed E-state index contributed by atoms with van der Waals surface area (Å²) in [5.41, 5.74) is 0.372. The largest absolute Gasteiger partial charge is 0.486 e. The van der Waals surface area contributed by atoms with Crippen molar-refractivity contribution in [3.63, 3.8) is 0 Å². The summed E-state index contributed by atoms with van der Waals surface area (Å²) in [6.45, 7) is 0.866. The molecule has 0 aliphatic carbocycles. The molecule has 24 heavy (non-hydrogen) atoms. The molecule has 1 aliphatic rings. The van der Waals surface area contributed by atoms with Crippen molar-refractivity contribution in [1.29, 1.82) is 0 Å². The highest BCUT2D eigenvalue weighted by atomic mass is 32.1. The highest BCUT2D eigenvalue weighted by Gasteiger charge is 2.17. The summed E-state index contributed by atoms with van der Waals surface area (Å²) in [6.07, 6.45) is 0. The summed E-state index contributed by atoms with van der Waals surface area (Å²) in [4.78, 5) is 13.0. The van der Waals surface area contributed by atoms with Gasteiger partial charge in [0.05, 0.1) is 10.4 Å². The van der Waals surface area contributed by atoms with Crippen molar-refractivity contribution in [2.75, 3.05) is 13.2 Å². The number of ether oxygens (including phenoxy) is 3. The van der Waals surface area contributed by atoms with Gasteiger partial charge in [-0.1, -0.05) is 6.07 Å². The molecule has 0 amide bonds. The fourth-order valence-electron chi connectivity index (χ4n) is 2.19. The van der Waals surface area contributed by atoms with Crippen LogP contribution in [0.4, 0.5) is 0 Å². The second-order valence-electron chi connectivity index (χ2n) is 4.91. The standard InChI is InChI=1S/C16H12N2O5S/c19-16(10-3-4-11-12(8-10)21-6-5-20-11)22-9-14-17-18-15(23-14)13-2-1-7-24-13/h1-4,7-8H,5-6,9H2. The first-order valence-corrected chi connectivity index (χ1v) is 8.10. The third kappa shape index (κ3) is 2.95. The van der Waals surface area contributed by atoms with Crippen LogP contribution in [-0.4, -0.2) is 29.4 Å². The minimum absolute atomic E-state index is 0.0916. The van der Waals surface area contributed by atoms with Gasteiger partial charge >= 0.3 is 5.97 Å². The molecule has 0 saturated heterocycles. The van der Waals surface area contributed by atoms with E-state index in [0.717, 1.165) is 4.88 Å². The molecular formula is C16H12N2O5S. The van der Waals surface area contributed by atoms with Gasteiger partial charge in [-0.05, 0) is 29.6 Å². The van der Waals surface area contributed by atoms with Gasteiger partial charge < -0.3 is 18.6 Å². The second-order valence-corrected chi connectivity index (χ2v) is 5.86. The topological polar surface area (TPSA) is 83.7 Å². The predicted octanol–water partition coefficient (Wildman–Crippen LogP) is 2.93. The zero-order valence-electron chi connectivity index (χ0n) is 12.4. The Bertz CT molecular complexity index is 859. The molecule has 122 valence electrons. The second kappa shape index (κ2) is 6.32. The van der Waals surface area contributed by atoms with Crippen molar-refractivity contribution in [2.45, 2.75) is 6.61 Å². The number of hydrogen-bond acceptors (Lipinski definition) is 8. The quantitative estimate of drug-likeness (QED) is 0.673. The van der Waals surface area contributed by atoms with Crippen LogP contribution in [-0.2, 0) is 11.3 Å². The minimum Gasteiger partial charge on any atom is -0.486 e. The molecule has 0 fully saturated rings. The summed E-state index contributed by atoms with van der Waals surface area (Å²) in [7, 11) is 0. The number of rotatable bonds is 4. The van der Waals surface area contributed by atoms with E-state index in [4.69, 9.17) is 18.6 Å². The third-order valence-corrected chi connectivity index (χ3v) is 4.16. The first-order valence-electron chi connectivity index (χ1n) is 7.22. The first-order chi connectivity index (χ1) is 11.8. The van der Waals surface area contributed by atoms with Gasteiger partial charge in [-0.15, -0.1) is 21.5 Å². The molecule has 0 spiro atoms. The van der Waals surface area contributed by atoms with Gasteiger partial charge in [0.25, 0.3) is 11.8 Å². The Balaban J connectivity index is 1.41. The molecule has 0 unspecified atom stereocenters. The molecule has 0 atom stereocenters. The van der Waals surface area contributed by atoms with Gasteiger partial charge in [0.15, 0.2) is 18.1 Å². The molecule has 7 nitrogen and oxygen atoms in total. The van der Waals surface area contributed by atoms with Gasteiger partial charge in [0.2, 0.25) is 0 Å². The molecule has 1 aromatic carbocycles. The van der Waals surface area contributed by atoms with Crippen molar-refractivity contribution in [2.24, 2.45) is 0 Å². The van der Waals surface area contributed by atoms with Crippen molar-refractivity contribution in [1.82, 2.24) is 10.2 Å². The fraction of sp³-hybridized carbons (Fsp3) is 0.188. The number of fused-ring (bicyclic) bond motifs is 1. The third-order valence-electron chi connectivity index (χ3n) is 3.30. The number of carbonyl (C=O) groups is 1. The fourth-order valence-corrected chi connectivity index (χ4v) is 2.84. The monoisotopic (exact) mass is 344 g/mol. The van der Waals surface area contributed by atoms with Crippen molar-refractivity contribution < 1.29 is 23.4 Å². The summed E-state index contributed by atoms with van der Waals surface area (Å²) in [6, 6.07) is 8.68. The zero-order chi connectivity index (χ0) is 16.4. The molecule has 0 N–H and O–H groups in total. The van der Waals surface area contributed by atoms with E-state index in [9.17, 15) is 4.79 Å². The molecule has 0 bridgehead atoms. The maximum Gasteiger partial charge on any atom is 0.338 e. The Morgan fingerprint density at radius 1 is 1.17 bits per heavy atom. The molecule has 3 aromatic rings. The zero-order valence-corrected chi connectivity index (χ0v) is 13.2. The molecule has 0 saturated carbocycles. The number of hydrogen-bond donors (Lipinski definition) is 0. The van der Waals surface area contributed by atoms with Crippen LogP contribution in [0.1, 0.15) is 16.2 Å². The van der Waals surface area contributed by atoms with Gasteiger partial charge in [-0.25, -0.2) is 4.79 Å². The van der Waals surface area contributed by atoms with Gasteiger partial charge in [0.1, 0.15) is 13.2 Å². The SMILES string of the molecule is O=C(OCc1nnc(-c2cccs2)o1)c1ccc2c(c1)OCCO2. The van der Waals surface area contributed by atoms with Crippen LogP contribution in [0.15, 0.2) is 40.1 Å². The van der Waals surface area contributed by atoms with Crippen LogP contribution in [0.5, 0.6) is 11.5 Å². The minimum atomic E-state index is -0.497. The summed E-state index contributed by atoms with van der Waals surface area (Å²) in [5.74, 6) is 1.31. The number of thiophene rings is 1. The van der Waals surface area contributed by atoms with E-state index in [2.05, 4.69) is 10.2 Å². The van der Waals surface area contributed by atoms with Gasteiger partial charge in [0, 0.05) is 0 Å².